The van der Waals surface area contributed by atoms with Gasteiger partial charge in [-0.15, -0.1) is 0 Å². The van der Waals surface area contributed by atoms with Gasteiger partial charge in [-0.3, -0.25) is 9.59 Å². The van der Waals surface area contributed by atoms with Gasteiger partial charge in [0.25, 0.3) is 5.91 Å². The number of ether oxygens (including phenoxy) is 3. The Labute approximate surface area is 225 Å². The van der Waals surface area contributed by atoms with Crippen molar-refractivity contribution in [1.82, 2.24) is 9.55 Å². The molecule has 9 nitrogen and oxygen atoms in total. The summed E-state index contributed by atoms with van der Waals surface area (Å²) in [6.07, 6.45) is 3.44. The second-order valence-electron chi connectivity index (χ2n) is 8.34. The van der Waals surface area contributed by atoms with E-state index < -0.39 is 0 Å². The van der Waals surface area contributed by atoms with Crippen molar-refractivity contribution >= 4 is 34.8 Å². The van der Waals surface area contributed by atoms with Gasteiger partial charge in [0, 0.05) is 23.5 Å². The highest BCUT2D eigenvalue weighted by Crippen LogP contribution is 2.29. The molecule has 0 saturated carbocycles. The van der Waals surface area contributed by atoms with Crippen LogP contribution in [0.15, 0.2) is 73.2 Å². The number of carbonyl (C=O) groups excluding carboxylic acids is 2. The van der Waals surface area contributed by atoms with Crippen LogP contribution in [0.1, 0.15) is 21.6 Å². The molecule has 0 bridgehead atoms. The fourth-order valence-electron chi connectivity index (χ4n) is 3.81. The normalized spacial score (nSPS) is 10.5. The van der Waals surface area contributed by atoms with Crippen LogP contribution in [-0.4, -0.2) is 42.7 Å². The Balaban J connectivity index is 1.33. The third-order valence-corrected chi connectivity index (χ3v) is 5.93. The SMILES string of the molecule is COc1ccc(Cl)cc1NC(=O)c1cn(Cc2ccc(NC(=O)Cc3ccc(OC)c(OC)c3)cc2)cn1. The molecule has 1 aromatic heterocycles. The summed E-state index contributed by atoms with van der Waals surface area (Å²) in [6.45, 7) is 0.501. The quantitative estimate of drug-likeness (QED) is 0.295. The number of hydrogen-bond acceptors (Lipinski definition) is 6. The maximum Gasteiger partial charge on any atom is 0.275 e. The number of aromatic nitrogens is 2. The standard InChI is InChI=1S/C28H27ClN4O5/c1-36-24-11-7-20(29)14-22(24)32-28(35)23-16-33(17-30-23)15-18-4-8-21(9-5-18)31-27(34)13-19-6-10-25(37-2)26(12-19)38-3/h4-12,14,16-17H,13,15H2,1-3H3,(H,31,34)(H,32,35). The van der Waals surface area contributed by atoms with Crippen LogP contribution in [0.3, 0.4) is 0 Å². The molecule has 0 atom stereocenters. The smallest absolute Gasteiger partial charge is 0.275 e. The molecule has 0 unspecified atom stereocenters. The average Bonchev–Trinajstić information content (AvgIpc) is 3.38. The Bertz CT molecular complexity index is 1440. The molecule has 2 N–H and O–H groups in total. The molecule has 0 aliphatic rings. The Kier molecular flexibility index (Phi) is 8.50. The molecule has 0 saturated heterocycles. The van der Waals surface area contributed by atoms with Gasteiger partial charge in [0.1, 0.15) is 11.4 Å². The topological polar surface area (TPSA) is 104 Å². The predicted octanol–water partition coefficient (Wildman–Crippen LogP) is 5.04. The lowest BCUT2D eigenvalue weighted by molar-refractivity contribution is -0.115. The van der Waals surface area contributed by atoms with Gasteiger partial charge in [-0.1, -0.05) is 29.8 Å². The van der Waals surface area contributed by atoms with Crippen molar-refractivity contribution in [3.63, 3.8) is 0 Å². The summed E-state index contributed by atoms with van der Waals surface area (Å²) < 4.78 is 17.6. The third kappa shape index (κ3) is 6.63. The number of rotatable bonds is 10. The first-order valence-corrected chi connectivity index (χ1v) is 12.0. The lowest BCUT2D eigenvalue weighted by atomic mass is 10.1. The Morgan fingerprint density at radius 3 is 2.24 bits per heavy atom. The molecule has 4 aromatic rings. The fourth-order valence-corrected chi connectivity index (χ4v) is 3.99. The first-order valence-electron chi connectivity index (χ1n) is 11.6. The van der Waals surface area contributed by atoms with E-state index >= 15 is 0 Å². The maximum absolute atomic E-state index is 12.7. The van der Waals surface area contributed by atoms with Gasteiger partial charge in [0.15, 0.2) is 11.5 Å². The summed E-state index contributed by atoms with van der Waals surface area (Å²) in [4.78, 5) is 29.4. The maximum atomic E-state index is 12.7. The molecule has 0 aliphatic heterocycles. The molecule has 4 rings (SSSR count). The number of carbonyl (C=O) groups is 2. The van der Waals surface area contributed by atoms with Gasteiger partial charge in [0.2, 0.25) is 5.91 Å². The molecule has 2 amide bonds. The average molecular weight is 535 g/mol. The van der Waals surface area contributed by atoms with Crippen molar-refractivity contribution in [3.05, 3.63) is 95.0 Å². The number of halogens is 1. The fraction of sp³-hybridized carbons (Fsp3) is 0.179. The number of benzene rings is 3. The van der Waals surface area contributed by atoms with Gasteiger partial charge in [-0.25, -0.2) is 4.98 Å². The van der Waals surface area contributed by atoms with Crippen LogP contribution in [0.4, 0.5) is 11.4 Å². The zero-order valence-corrected chi connectivity index (χ0v) is 21.9. The van der Waals surface area contributed by atoms with E-state index in [9.17, 15) is 9.59 Å². The summed E-state index contributed by atoms with van der Waals surface area (Å²) in [7, 11) is 4.64. The molecule has 0 spiro atoms. The zero-order valence-electron chi connectivity index (χ0n) is 21.2. The molecule has 38 heavy (non-hydrogen) atoms. The lowest BCUT2D eigenvalue weighted by Crippen LogP contribution is -2.14. The highest BCUT2D eigenvalue weighted by molar-refractivity contribution is 6.31. The monoisotopic (exact) mass is 534 g/mol. The molecule has 0 fully saturated rings. The van der Waals surface area contributed by atoms with Gasteiger partial charge in [-0.05, 0) is 53.6 Å². The first-order chi connectivity index (χ1) is 18.4. The molecular weight excluding hydrogens is 508 g/mol. The second kappa shape index (κ2) is 12.2. The van der Waals surface area contributed by atoms with Crippen LogP contribution in [0.25, 0.3) is 0 Å². The van der Waals surface area contributed by atoms with Crippen LogP contribution in [-0.2, 0) is 17.8 Å². The summed E-state index contributed by atoms with van der Waals surface area (Å²) in [5.74, 6) is 1.16. The van der Waals surface area contributed by atoms with E-state index in [1.807, 2.05) is 30.3 Å². The van der Waals surface area contributed by atoms with E-state index in [-0.39, 0.29) is 23.9 Å². The van der Waals surface area contributed by atoms with E-state index in [4.69, 9.17) is 25.8 Å². The zero-order chi connectivity index (χ0) is 27.1. The minimum absolute atomic E-state index is 0.147. The van der Waals surface area contributed by atoms with Gasteiger partial charge < -0.3 is 29.4 Å². The van der Waals surface area contributed by atoms with Gasteiger partial charge >= 0.3 is 0 Å². The summed E-state index contributed by atoms with van der Waals surface area (Å²) in [5, 5.41) is 6.15. The summed E-state index contributed by atoms with van der Waals surface area (Å²) >= 11 is 6.04. The Morgan fingerprint density at radius 2 is 1.53 bits per heavy atom. The number of methoxy groups -OCH3 is 3. The first kappa shape index (κ1) is 26.6. The Hall–Kier alpha value is -4.50. The number of anilines is 2. The number of imidazole rings is 1. The van der Waals surface area contributed by atoms with Crippen LogP contribution < -0.4 is 24.8 Å². The minimum atomic E-state index is -0.378. The van der Waals surface area contributed by atoms with Crippen LogP contribution >= 0.6 is 11.6 Å². The van der Waals surface area contributed by atoms with Crippen LogP contribution in [0, 0.1) is 0 Å². The van der Waals surface area contributed by atoms with E-state index in [0.717, 1.165) is 11.1 Å². The Morgan fingerprint density at radius 1 is 0.842 bits per heavy atom. The van der Waals surface area contributed by atoms with E-state index in [1.165, 1.54) is 7.11 Å². The van der Waals surface area contributed by atoms with Gasteiger partial charge in [0.05, 0.1) is 39.8 Å². The highest BCUT2D eigenvalue weighted by Gasteiger charge is 2.14. The highest BCUT2D eigenvalue weighted by atomic mass is 35.5. The molecule has 10 heteroatoms. The largest absolute Gasteiger partial charge is 0.495 e. The van der Waals surface area contributed by atoms with Crippen molar-refractivity contribution < 1.29 is 23.8 Å². The van der Waals surface area contributed by atoms with Crippen LogP contribution in [0.5, 0.6) is 17.2 Å². The number of amides is 2. The van der Waals surface area contributed by atoms with Gasteiger partial charge in [-0.2, -0.15) is 0 Å². The number of hydrogen-bond donors (Lipinski definition) is 2. The van der Waals surface area contributed by atoms with Crippen molar-refractivity contribution in [2.75, 3.05) is 32.0 Å². The molecular formula is C28H27ClN4O5. The van der Waals surface area contributed by atoms with Crippen LogP contribution in [0.2, 0.25) is 5.02 Å². The van der Waals surface area contributed by atoms with E-state index in [1.54, 1.807) is 61.6 Å². The second-order valence-corrected chi connectivity index (χ2v) is 8.78. The molecule has 0 aliphatic carbocycles. The minimum Gasteiger partial charge on any atom is -0.495 e. The van der Waals surface area contributed by atoms with Crippen molar-refractivity contribution in [1.29, 1.82) is 0 Å². The van der Waals surface area contributed by atoms with E-state index in [2.05, 4.69) is 15.6 Å². The predicted molar refractivity (Wildman–Crippen MR) is 146 cm³/mol. The van der Waals surface area contributed by atoms with Crippen molar-refractivity contribution in [2.45, 2.75) is 13.0 Å². The van der Waals surface area contributed by atoms with Crippen molar-refractivity contribution in [3.8, 4) is 17.2 Å². The molecule has 3 aromatic carbocycles. The van der Waals surface area contributed by atoms with Crippen molar-refractivity contribution in [2.24, 2.45) is 0 Å². The molecule has 196 valence electrons. The summed E-state index contributed by atoms with van der Waals surface area (Å²) in [6, 6.07) is 17.8. The van der Waals surface area contributed by atoms with E-state index in [0.29, 0.717) is 40.2 Å². The third-order valence-electron chi connectivity index (χ3n) is 5.69. The number of nitrogens with zero attached hydrogens (tertiary/aromatic N) is 2. The number of nitrogens with one attached hydrogen (secondary N) is 2. The lowest BCUT2D eigenvalue weighted by Gasteiger charge is -2.10. The summed E-state index contributed by atoms with van der Waals surface area (Å²) in [5.41, 5.74) is 3.18. The molecule has 0 radical (unpaired) electrons. The molecule has 1 heterocycles.